The third-order valence-electron chi connectivity index (χ3n) is 7.88. The molecule has 1 saturated heterocycles. The minimum absolute atomic E-state index is 0.168. The molecule has 0 spiro atoms. The third-order valence-corrected chi connectivity index (χ3v) is 7.88. The molecule has 45 heavy (non-hydrogen) atoms. The molecule has 0 aliphatic carbocycles. The standard InChI is InChI=1S/C33H28FN11/c34-23-7-5-22(6-8-23)31-39-19-27-33(43-31)45(32(41-27)26-2-1-14-38-30(26)36)25-9-3-21(4-10-25)20-44-16-12-24(13-17-44)40-28-11-15-37-29(18-35)42-28/h1-11,14-15,19,24H,12-13,16-17,20H2,(H2,36,38)(H,37,40,42). The molecule has 7 rings (SSSR count). The average Bonchev–Trinajstić information content (AvgIpc) is 3.45. The van der Waals surface area contributed by atoms with Crippen molar-refractivity contribution in [3.8, 4) is 34.5 Å². The summed E-state index contributed by atoms with van der Waals surface area (Å²) in [6.07, 6.45) is 6.86. The molecule has 0 unspecified atom stereocenters. The van der Waals surface area contributed by atoms with Crippen LogP contribution >= 0.6 is 0 Å². The Bertz CT molecular complexity index is 2010. The molecule has 0 bridgehead atoms. The summed E-state index contributed by atoms with van der Waals surface area (Å²) in [5.41, 5.74) is 10.9. The van der Waals surface area contributed by atoms with Gasteiger partial charge in [0, 0.05) is 49.3 Å². The fraction of sp³-hybridized carbons (Fsp3) is 0.182. The molecule has 4 aromatic heterocycles. The van der Waals surface area contributed by atoms with E-state index in [-0.39, 0.29) is 11.6 Å². The second-order valence-corrected chi connectivity index (χ2v) is 10.9. The summed E-state index contributed by atoms with van der Waals surface area (Å²) in [7, 11) is 0. The topological polar surface area (TPSA) is 147 Å². The van der Waals surface area contributed by atoms with E-state index in [1.807, 2.05) is 22.8 Å². The number of nitrogen functional groups attached to an aromatic ring is 1. The molecule has 0 atom stereocenters. The summed E-state index contributed by atoms with van der Waals surface area (Å²) in [5, 5.41) is 12.5. The number of piperidine rings is 1. The van der Waals surface area contributed by atoms with E-state index >= 15 is 0 Å². The number of anilines is 2. The second kappa shape index (κ2) is 12.1. The van der Waals surface area contributed by atoms with Gasteiger partial charge in [0.15, 0.2) is 17.3 Å². The molecule has 3 N–H and O–H groups in total. The Hall–Kier alpha value is -5.80. The average molecular weight is 598 g/mol. The molecule has 1 fully saturated rings. The maximum absolute atomic E-state index is 13.6. The summed E-state index contributed by atoms with van der Waals surface area (Å²) < 4.78 is 15.5. The summed E-state index contributed by atoms with van der Waals surface area (Å²) in [4.78, 5) is 29.1. The van der Waals surface area contributed by atoms with E-state index in [0.29, 0.717) is 51.6 Å². The smallest absolute Gasteiger partial charge is 0.234 e. The zero-order chi connectivity index (χ0) is 30.8. The Morgan fingerprint density at radius 1 is 0.911 bits per heavy atom. The molecule has 0 radical (unpaired) electrons. The molecule has 2 aromatic carbocycles. The number of nitrogens with two attached hydrogens (primary N) is 1. The second-order valence-electron chi connectivity index (χ2n) is 10.9. The summed E-state index contributed by atoms with van der Waals surface area (Å²) >= 11 is 0. The van der Waals surface area contributed by atoms with Gasteiger partial charge >= 0.3 is 0 Å². The highest BCUT2D eigenvalue weighted by Gasteiger charge is 2.21. The van der Waals surface area contributed by atoms with Gasteiger partial charge in [0.2, 0.25) is 5.82 Å². The monoisotopic (exact) mass is 597 g/mol. The van der Waals surface area contributed by atoms with Crippen LogP contribution in [0.1, 0.15) is 24.2 Å². The first-order valence-corrected chi connectivity index (χ1v) is 14.6. The van der Waals surface area contributed by atoms with Gasteiger partial charge in [-0.1, -0.05) is 12.1 Å². The quantitative estimate of drug-likeness (QED) is 0.257. The van der Waals surface area contributed by atoms with Crippen LogP contribution in [0.4, 0.5) is 16.0 Å². The zero-order valence-corrected chi connectivity index (χ0v) is 24.2. The van der Waals surface area contributed by atoms with Crippen molar-refractivity contribution in [1.82, 2.24) is 39.4 Å². The highest BCUT2D eigenvalue weighted by molar-refractivity contribution is 5.83. The van der Waals surface area contributed by atoms with Crippen LogP contribution in [0, 0.1) is 17.1 Å². The lowest BCUT2D eigenvalue weighted by Gasteiger charge is -2.32. The van der Waals surface area contributed by atoms with E-state index in [0.717, 1.165) is 38.2 Å². The number of halogens is 1. The molecule has 1 aliphatic heterocycles. The van der Waals surface area contributed by atoms with E-state index in [4.69, 9.17) is 21.0 Å². The van der Waals surface area contributed by atoms with Gasteiger partial charge < -0.3 is 11.1 Å². The van der Waals surface area contributed by atoms with E-state index in [9.17, 15) is 4.39 Å². The van der Waals surface area contributed by atoms with Crippen molar-refractivity contribution >= 4 is 22.8 Å². The molecular formula is C33H28FN11. The Morgan fingerprint density at radius 2 is 1.71 bits per heavy atom. The lowest BCUT2D eigenvalue weighted by molar-refractivity contribution is 0.211. The first-order chi connectivity index (χ1) is 22.0. The number of aromatic nitrogens is 7. The summed E-state index contributed by atoms with van der Waals surface area (Å²) in [5.74, 6) is 1.97. The molecule has 5 heterocycles. The number of pyridine rings is 1. The predicted octanol–water partition coefficient (Wildman–Crippen LogP) is 5.00. The number of imidazole rings is 1. The Morgan fingerprint density at radius 3 is 2.47 bits per heavy atom. The minimum atomic E-state index is -0.322. The van der Waals surface area contributed by atoms with Crippen LogP contribution in [0.2, 0.25) is 0 Å². The van der Waals surface area contributed by atoms with Crippen LogP contribution in [0.25, 0.3) is 39.6 Å². The molecule has 0 amide bonds. The zero-order valence-electron chi connectivity index (χ0n) is 24.2. The largest absolute Gasteiger partial charge is 0.383 e. The van der Waals surface area contributed by atoms with Crippen molar-refractivity contribution < 1.29 is 4.39 Å². The van der Waals surface area contributed by atoms with E-state index < -0.39 is 0 Å². The maximum atomic E-state index is 13.6. The summed E-state index contributed by atoms with van der Waals surface area (Å²) in [6, 6.07) is 22.2. The van der Waals surface area contributed by atoms with E-state index in [1.165, 1.54) is 17.7 Å². The minimum Gasteiger partial charge on any atom is -0.383 e. The van der Waals surface area contributed by atoms with Crippen molar-refractivity contribution in [2.24, 2.45) is 0 Å². The Kier molecular flexibility index (Phi) is 7.51. The van der Waals surface area contributed by atoms with Gasteiger partial charge in [-0.15, -0.1) is 0 Å². The van der Waals surface area contributed by atoms with Gasteiger partial charge in [0.1, 0.15) is 29.0 Å². The first-order valence-electron chi connectivity index (χ1n) is 14.6. The number of likely N-dealkylation sites (tertiary alicyclic amines) is 1. The number of hydrogen-bond acceptors (Lipinski definition) is 10. The molecule has 6 aromatic rings. The lowest BCUT2D eigenvalue weighted by atomic mass is 10.0. The first kappa shape index (κ1) is 28.0. The number of nitriles is 1. The SMILES string of the molecule is N#Cc1nccc(NC2CCN(Cc3ccc(-n4c(-c5cccnc5N)nc5cnc(-c6ccc(F)cc6)nc54)cc3)CC2)n1. The van der Waals surface area contributed by atoms with Gasteiger partial charge in [-0.05, 0) is 73.0 Å². The van der Waals surface area contributed by atoms with Gasteiger partial charge in [-0.2, -0.15) is 5.26 Å². The number of rotatable bonds is 7. The van der Waals surface area contributed by atoms with Crippen LogP contribution in [-0.2, 0) is 6.54 Å². The van der Waals surface area contributed by atoms with Gasteiger partial charge in [-0.3, -0.25) is 9.47 Å². The van der Waals surface area contributed by atoms with Gasteiger partial charge in [0.05, 0.1) is 11.8 Å². The Balaban J connectivity index is 1.13. The molecule has 222 valence electrons. The third kappa shape index (κ3) is 5.89. The lowest BCUT2D eigenvalue weighted by Crippen LogP contribution is -2.38. The summed E-state index contributed by atoms with van der Waals surface area (Å²) in [6.45, 7) is 2.70. The Labute approximate surface area is 258 Å². The number of nitrogens with one attached hydrogen (secondary N) is 1. The van der Waals surface area contributed by atoms with Crippen molar-refractivity contribution in [1.29, 1.82) is 5.26 Å². The van der Waals surface area contributed by atoms with E-state index in [2.05, 4.69) is 54.4 Å². The molecular weight excluding hydrogens is 569 g/mol. The van der Waals surface area contributed by atoms with Crippen molar-refractivity contribution in [2.75, 3.05) is 24.1 Å². The number of benzene rings is 2. The number of hydrogen-bond donors (Lipinski definition) is 2. The van der Waals surface area contributed by atoms with Crippen LogP contribution < -0.4 is 11.1 Å². The predicted molar refractivity (Wildman–Crippen MR) is 168 cm³/mol. The van der Waals surface area contributed by atoms with Crippen LogP contribution in [0.15, 0.2) is 85.3 Å². The number of fused-ring (bicyclic) bond motifs is 1. The highest BCUT2D eigenvalue weighted by Crippen LogP contribution is 2.31. The van der Waals surface area contributed by atoms with Crippen molar-refractivity contribution in [3.63, 3.8) is 0 Å². The van der Waals surface area contributed by atoms with Crippen molar-refractivity contribution in [3.05, 3.63) is 103 Å². The van der Waals surface area contributed by atoms with Gasteiger partial charge in [-0.25, -0.2) is 34.3 Å². The molecule has 12 heteroatoms. The van der Waals surface area contributed by atoms with Crippen LogP contribution in [0.5, 0.6) is 0 Å². The molecule has 11 nitrogen and oxygen atoms in total. The molecule has 0 saturated carbocycles. The highest BCUT2D eigenvalue weighted by atomic mass is 19.1. The maximum Gasteiger partial charge on any atom is 0.234 e. The normalized spacial score (nSPS) is 14.0. The molecule has 1 aliphatic rings. The number of nitrogens with zero attached hydrogens (tertiary/aromatic N) is 9. The van der Waals surface area contributed by atoms with Crippen LogP contribution in [-0.4, -0.2) is 58.5 Å². The fourth-order valence-corrected chi connectivity index (χ4v) is 5.59. The fourth-order valence-electron chi connectivity index (χ4n) is 5.59. The van der Waals surface area contributed by atoms with Crippen molar-refractivity contribution in [2.45, 2.75) is 25.4 Å². The van der Waals surface area contributed by atoms with E-state index in [1.54, 1.807) is 36.8 Å². The van der Waals surface area contributed by atoms with Crippen LogP contribution in [0.3, 0.4) is 0 Å². The van der Waals surface area contributed by atoms with Gasteiger partial charge in [0.25, 0.3) is 0 Å².